The van der Waals surface area contributed by atoms with Crippen molar-refractivity contribution in [1.82, 2.24) is 5.32 Å². The Morgan fingerprint density at radius 1 is 1.30 bits per heavy atom. The van der Waals surface area contributed by atoms with Crippen LogP contribution in [0.15, 0.2) is 18.2 Å². The number of rotatable bonds is 8. The van der Waals surface area contributed by atoms with Gasteiger partial charge in [0.2, 0.25) is 0 Å². The van der Waals surface area contributed by atoms with Gasteiger partial charge in [0, 0.05) is 18.3 Å². The van der Waals surface area contributed by atoms with E-state index >= 15 is 0 Å². The van der Waals surface area contributed by atoms with Gasteiger partial charge in [0.05, 0.1) is 6.61 Å². The predicted octanol–water partition coefficient (Wildman–Crippen LogP) is 3.80. The highest BCUT2D eigenvalue weighted by atomic mass is 35.5. The molecule has 0 fully saturated rings. The lowest BCUT2D eigenvalue weighted by Gasteiger charge is -2.19. The Morgan fingerprint density at radius 2 is 2.10 bits per heavy atom. The van der Waals surface area contributed by atoms with Crippen molar-refractivity contribution in [2.24, 2.45) is 5.92 Å². The van der Waals surface area contributed by atoms with Crippen LogP contribution in [0.1, 0.15) is 37.8 Å². The van der Waals surface area contributed by atoms with Gasteiger partial charge in [-0.05, 0) is 36.1 Å². The summed E-state index contributed by atoms with van der Waals surface area (Å²) >= 11 is 6.43. The summed E-state index contributed by atoms with van der Waals surface area (Å²) in [6.07, 6.45) is 4.43. The van der Waals surface area contributed by atoms with Crippen molar-refractivity contribution in [3.05, 3.63) is 29.3 Å². The van der Waals surface area contributed by atoms with Crippen molar-refractivity contribution in [3.63, 3.8) is 0 Å². The Morgan fingerprint density at radius 3 is 2.85 bits per heavy atom. The SMILES string of the molecule is CCC(CC)C(Cl)CNCCc1ccc2c(c1)CCO2. The topological polar surface area (TPSA) is 21.3 Å². The van der Waals surface area contributed by atoms with Crippen LogP contribution in [-0.2, 0) is 12.8 Å². The Labute approximate surface area is 127 Å². The number of nitrogens with one attached hydrogen (secondary N) is 1. The fraction of sp³-hybridized carbons (Fsp3) is 0.647. The van der Waals surface area contributed by atoms with E-state index in [1.54, 1.807) is 0 Å². The van der Waals surface area contributed by atoms with E-state index < -0.39 is 0 Å². The molecule has 112 valence electrons. The molecule has 0 aromatic heterocycles. The number of alkyl halides is 1. The van der Waals surface area contributed by atoms with E-state index in [9.17, 15) is 0 Å². The van der Waals surface area contributed by atoms with Crippen LogP contribution in [0.2, 0.25) is 0 Å². The van der Waals surface area contributed by atoms with Gasteiger partial charge < -0.3 is 10.1 Å². The predicted molar refractivity (Wildman–Crippen MR) is 85.9 cm³/mol. The zero-order valence-corrected chi connectivity index (χ0v) is 13.4. The van der Waals surface area contributed by atoms with E-state index in [1.165, 1.54) is 11.1 Å². The molecule has 0 saturated carbocycles. The van der Waals surface area contributed by atoms with Crippen molar-refractivity contribution in [1.29, 1.82) is 0 Å². The van der Waals surface area contributed by atoms with Gasteiger partial charge in [-0.25, -0.2) is 0 Å². The maximum Gasteiger partial charge on any atom is 0.122 e. The summed E-state index contributed by atoms with van der Waals surface area (Å²) in [5.74, 6) is 1.69. The number of hydrogen-bond acceptors (Lipinski definition) is 2. The second-order valence-electron chi connectivity index (χ2n) is 5.59. The van der Waals surface area contributed by atoms with Crippen molar-refractivity contribution < 1.29 is 4.74 Å². The third-order valence-corrected chi connectivity index (χ3v) is 4.75. The molecule has 0 amide bonds. The van der Waals surface area contributed by atoms with Crippen LogP contribution in [0.25, 0.3) is 0 Å². The highest BCUT2D eigenvalue weighted by molar-refractivity contribution is 6.21. The molecule has 0 aliphatic carbocycles. The Bertz CT molecular complexity index is 417. The molecule has 1 atom stereocenters. The summed E-state index contributed by atoms with van der Waals surface area (Å²) < 4.78 is 5.53. The second kappa shape index (κ2) is 7.90. The molecule has 1 N–H and O–H groups in total. The van der Waals surface area contributed by atoms with Gasteiger partial charge in [-0.1, -0.05) is 38.8 Å². The largest absolute Gasteiger partial charge is 0.493 e. The monoisotopic (exact) mass is 295 g/mol. The van der Waals surface area contributed by atoms with Crippen molar-refractivity contribution in [2.75, 3.05) is 19.7 Å². The van der Waals surface area contributed by atoms with Crippen LogP contribution >= 0.6 is 11.6 Å². The third kappa shape index (κ3) is 4.13. The maximum absolute atomic E-state index is 6.43. The zero-order valence-electron chi connectivity index (χ0n) is 12.6. The molecule has 1 aromatic carbocycles. The highest BCUT2D eigenvalue weighted by Crippen LogP contribution is 2.25. The van der Waals surface area contributed by atoms with Crippen molar-refractivity contribution in [2.45, 2.75) is 44.9 Å². The first-order valence-corrected chi connectivity index (χ1v) is 8.27. The molecule has 3 heteroatoms. The molecule has 1 unspecified atom stereocenters. The van der Waals surface area contributed by atoms with E-state index in [1.807, 2.05) is 0 Å². The molecule has 1 aromatic rings. The number of ether oxygens (including phenoxy) is 1. The normalized spacial score (nSPS) is 15.2. The first kappa shape index (κ1) is 15.7. The lowest BCUT2D eigenvalue weighted by molar-refractivity contribution is 0.357. The molecule has 1 aliphatic rings. The lowest BCUT2D eigenvalue weighted by atomic mass is 9.99. The Balaban J connectivity index is 1.71. The molecule has 20 heavy (non-hydrogen) atoms. The summed E-state index contributed by atoms with van der Waals surface area (Å²) in [5.41, 5.74) is 2.74. The van der Waals surface area contributed by atoms with Crippen molar-refractivity contribution in [3.8, 4) is 5.75 Å². The van der Waals surface area contributed by atoms with E-state index in [2.05, 4.69) is 37.4 Å². The number of halogens is 1. The van der Waals surface area contributed by atoms with E-state index in [-0.39, 0.29) is 5.38 Å². The van der Waals surface area contributed by atoms with Crippen LogP contribution in [-0.4, -0.2) is 25.1 Å². The molecule has 0 radical (unpaired) electrons. The van der Waals surface area contributed by atoms with E-state index in [0.29, 0.717) is 5.92 Å². The lowest BCUT2D eigenvalue weighted by Crippen LogP contribution is -2.30. The van der Waals surface area contributed by atoms with Gasteiger partial charge >= 0.3 is 0 Å². The third-order valence-electron chi connectivity index (χ3n) is 4.24. The Hall–Kier alpha value is -0.730. The standard InChI is InChI=1S/C17H26ClNO/c1-3-14(4-2)16(18)12-19-9-7-13-5-6-17-15(11-13)8-10-20-17/h5-6,11,14,16,19H,3-4,7-10,12H2,1-2H3. The van der Waals surface area contributed by atoms with Gasteiger partial charge in [0.25, 0.3) is 0 Å². The fourth-order valence-electron chi connectivity index (χ4n) is 2.83. The molecule has 1 heterocycles. The number of hydrogen-bond donors (Lipinski definition) is 1. The minimum absolute atomic E-state index is 0.249. The summed E-state index contributed by atoms with van der Waals surface area (Å²) in [5, 5.41) is 3.74. The quantitative estimate of drug-likeness (QED) is 0.582. The van der Waals surface area contributed by atoms with Gasteiger partial charge in [-0.3, -0.25) is 0 Å². The zero-order chi connectivity index (χ0) is 14.4. The van der Waals surface area contributed by atoms with Crippen LogP contribution in [0.3, 0.4) is 0 Å². The van der Waals surface area contributed by atoms with Gasteiger partial charge in [0.15, 0.2) is 0 Å². The van der Waals surface area contributed by atoms with Gasteiger partial charge in [0.1, 0.15) is 5.75 Å². The van der Waals surface area contributed by atoms with Gasteiger partial charge in [-0.2, -0.15) is 0 Å². The molecule has 0 spiro atoms. The smallest absolute Gasteiger partial charge is 0.122 e. The first-order chi connectivity index (χ1) is 9.74. The summed E-state index contributed by atoms with van der Waals surface area (Å²) in [6, 6.07) is 6.56. The minimum Gasteiger partial charge on any atom is -0.493 e. The van der Waals surface area contributed by atoms with Crippen LogP contribution in [0.5, 0.6) is 5.75 Å². The summed E-state index contributed by atoms with van der Waals surface area (Å²) in [4.78, 5) is 0. The average Bonchev–Trinajstić information content (AvgIpc) is 2.92. The van der Waals surface area contributed by atoms with Crippen LogP contribution in [0.4, 0.5) is 0 Å². The summed E-state index contributed by atoms with van der Waals surface area (Å²) in [6.45, 7) is 7.16. The fourth-order valence-corrected chi connectivity index (χ4v) is 3.30. The van der Waals surface area contributed by atoms with E-state index in [4.69, 9.17) is 16.3 Å². The molecule has 2 nitrogen and oxygen atoms in total. The molecular weight excluding hydrogens is 270 g/mol. The average molecular weight is 296 g/mol. The molecule has 0 saturated heterocycles. The molecule has 1 aliphatic heterocycles. The van der Waals surface area contributed by atoms with Crippen LogP contribution < -0.4 is 10.1 Å². The van der Waals surface area contributed by atoms with E-state index in [0.717, 1.165) is 51.1 Å². The number of fused-ring (bicyclic) bond motifs is 1. The highest BCUT2D eigenvalue weighted by Gasteiger charge is 2.15. The first-order valence-electron chi connectivity index (χ1n) is 7.84. The summed E-state index contributed by atoms with van der Waals surface area (Å²) in [7, 11) is 0. The van der Waals surface area contributed by atoms with Crippen molar-refractivity contribution >= 4 is 11.6 Å². The maximum atomic E-state index is 6.43. The Kier molecular flexibility index (Phi) is 6.18. The molecule has 0 bridgehead atoms. The molecular formula is C17H26ClNO. The van der Waals surface area contributed by atoms with Crippen LogP contribution in [0, 0.1) is 5.92 Å². The molecule has 2 rings (SSSR count). The second-order valence-corrected chi connectivity index (χ2v) is 6.15. The number of benzene rings is 1. The minimum atomic E-state index is 0.249. The van der Waals surface area contributed by atoms with Gasteiger partial charge in [-0.15, -0.1) is 11.6 Å².